The third-order valence-electron chi connectivity index (χ3n) is 5.86. The Balaban J connectivity index is 1.48. The first-order valence-corrected chi connectivity index (χ1v) is 10.3. The van der Waals surface area contributed by atoms with Gasteiger partial charge in [0.1, 0.15) is 0 Å². The molecule has 2 saturated heterocycles. The number of rotatable bonds is 6. The molecule has 7 nitrogen and oxygen atoms in total. The van der Waals surface area contributed by atoms with Crippen molar-refractivity contribution in [2.24, 2.45) is 5.92 Å². The number of hydrogen-bond acceptors (Lipinski definition) is 5. The molecular weight excluding hydrogens is 356 g/mol. The van der Waals surface area contributed by atoms with Crippen LogP contribution in [0, 0.1) is 12.8 Å². The van der Waals surface area contributed by atoms with E-state index in [1.54, 1.807) is 13.3 Å². The van der Waals surface area contributed by atoms with Gasteiger partial charge in [0.2, 0.25) is 5.91 Å². The van der Waals surface area contributed by atoms with Crippen LogP contribution in [0.4, 0.5) is 0 Å². The predicted molar refractivity (Wildman–Crippen MR) is 107 cm³/mol. The summed E-state index contributed by atoms with van der Waals surface area (Å²) >= 11 is 0. The number of hydrogen-bond donors (Lipinski definition) is 1. The maximum absolute atomic E-state index is 12.7. The van der Waals surface area contributed by atoms with Crippen molar-refractivity contribution in [3.63, 3.8) is 0 Å². The van der Waals surface area contributed by atoms with Crippen LogP contribution in [0.1, 0.15) is 41.7 Å². The molecule has 2 aliphatic rings. The van der Waals surface area contributed by atoms with Crippen molar-refractivity contribution in [3.05, 3.63) is 29.6 Å². The highest BCUT2D eigenvalue weighted by Gasteiger charge is 2.32. The summed E-state index contributed by atoms with van der Waals surface area (Å²) in [6, 6.07) is 4.19. The van der Waals surface area contributed by atoms with Gasteiger partial charge in [0, 0.05) is 51.2 Å². The summed E-state index contributed by atoms with van der Waals surface area (Å²) in [7, 11) is 1.64. The molecule has 3 rings (SSSR count). The Hall–Kier alpha value is -1.99. The molecule has 154 valence electrons. The summed E-state index contributed by atoms with van der Waals surface area (Å²) < 4.78 is 5.00. The molecule has 2 amide bonds. The van der Waals surface area contributed by atoms with Gasteiger partial charge in [-0.2, -0.15) is 0 Å². The lowest BCUT2D eigenvalue weighted by molar-refractivity contribution is -0.127. The van der Waals surface area contributed by atoms with Crippen molar-refractivity contribution in [2.75, 3.05) is 46.4 Å². The van der Waals surface area contributed by atoms with E-state index in [9.17, 15) is 9.59 Å². The fourth-order valence-corrected chi connectivity index (χ4v) is 4.18. The summed E-state index contributed by atoms with van der Waals surface area (Å²) in [6.07, 6.45) is 5.59. The van der Waals surface area contributed by atoms with Crippen LogP contribution in [0.15, 0.2) is 18.3 Å². The number of amides is 2. The van der Waals surface area contributed by atoms with Crippen molar-refractivity contribution >= 4 is 11.8 Å². The number of pyridine rings is 1. The molecule has 0 saturated carbocycles. The Morgan fingerprint density at radius 2 is 2.00 bits per heavy atom. The first-order valence-electron chi connectivity index (χ1n) is 10.3. The van der Waals surface area contributed by atoms with E-state index in [0.29, 0.717) is 24.8 Å². The van der Waals surface area contributed by atoms with E-state index in [1.807, 2.05) is 24.0 Å². The smallest absolute Gasteiger partial charge is 0.255 e. The quantitative estimate of drug-likeness (QED) is 0.747. The molecule has 2 fully saturated rings. The van der Waals surface area contributed by atoms with Crippen LogP contribution in [0.2, 0.25) is 0 Å². The summed E-state index contributed by atoms with van der Waals surface area (Å²) in [5.41, 5.74) is 1.58. The summed E-state index contributed by atoms with van der Waals surface area (Å²) in [6.45, 7) is 6.42. The molecule has 7 heteroatoms. The number of ether oxygens (including phenoxy) is 1. The zero-order valence-corrected chi connectivity index (χ0v) is 17.0. The SMILES string of the molecule is COCCNC(=O)[C@@H]1CCCN(C2CCN(C(=O)c3ccc(C)nc3)CC2)C1. The monoisotopic (exact) mass is 388 g/mol. The Morgan fingerprint density at radius 1 is 1.21 bits per heavy atom. The van der Waals surface area contributed by atoms with Crippen molar-refractivity contribution in [1.29, 1.82) is 0 Å². The van der Waals surface area contributed by atoms with Crippen molar-refractivity contribution < 1.29 is 14.3 Å². The van der Waals surface area contributed by atoms with Gasteiger partial charge in [-0.1, -0.05) is 0 Å². The van der Waals surface area contributed by atoms with Gasteiger partial charge in [-0.3, -0.25) is 19.5 Å². The highest BCUT2D eigenvalue weighted by atomic mass is 16.5. The Labute approximate surface area is 167 Å². The van der Waals surface area contributed by atoms with Gasteiger partial charge in [-0.15, -0.1) is 0 Å². The zero-order chi connectivity index (χ0) is 19.9. The highest BCUT2D eigenvalue weighted by Crippen LogP contribution is 2.24. The lowest BCUT2D eigenvalue weighted by atomic mass is 9.93. The second-order valence-corrected chi connectivity index (χ2v) is 7.83. The molecule has 1 aromatic heterocycles. The number of likely N-dealkylation sites (tertiary alicyclic amines) is 2. The van der Waals surface area contributed by atoms with E-state index < -0.39 is 0 Å². The van der Waals surface area contributed by atoms with Gasteiger partial charge < -0.3 is 15.0 Å². The third kappa shape index (κ3) is 5.29. The Bertz CT molecular complexity index is 656. The highest BCUT2D eigenvalue weighted by molar-refractivity contribution is 5.94. The predicted octanol–water partition coefficient (Wildman–Crippen LogP) is 1.47. The molecule has 0 unspecified atom stereocenters. The summed E-state index contributed by atoms with van der Waals surface area (Å²) in [5.74, 6) is 0.269. The van der Waals surface area contributed by atoms with Crippen LogP contribution in [0.5, 0.6) is 0 Å². The van der Waals surface area contributed by atoms with E-state index in [2.05, 4.69) is 15.2 Å². The average Bonchev–Trinajstić information content (AvgIpc) is 2.74. The topological polar surface area (TPSA) is 74.8 Å². The zero-order valence-electron chi connectivity index (χ0n) is 17.0. The molecule has 2 aliphatic heterocycles. The molecule has 1 atom stereocenters. The normalized spacial score (nSPS) is 21.5. The minimum absolute atomic E-state index is 0.0592. The van der Waals surface area contributed by atoms with E-state index in [0.717, 1.165) is 57.6 Å². The minimum atomic E-state index is 0.0592. The van der Waals surface area contributed by atoms with Gasteiger partial charge in [0.05, 0.1) is 18.1 Å². The molecule has 0 spiro atoms. The van der Waals surface area contributed by atoms with E-state index in [1.165, 1.54) is 0 Å². The van der Waals surface area contributed by atoms with E-state index >= 15 is 0 Å². The van der Waals surface area contributed by atoms with Gasteiger partial charge in [-0.25, -0.2) is 0 Å². The molecule has 0 aliphatic carbocycles. The van der Waals surface area contributed by atoms with Gasteiger partial charge in [-0.05, 0) is 51.3 Å². The number of carbonyl (C=O) groups excluding carboxylic acids is 2. The van der Waals surface area contributed by atoms with Crippen LogP contribution >= 0.6 is 0 Å². The maximum Gasteiger partial charge on any atom is 0.255 e. The van der Waals surface area contributed by atoms with E-state index in [4.69, 9.17) is 4.74 Å². The fourth-order valence-electron chi connectivity index (χ4n) is 4.18. The van der Waals surface area contributed by atoms with Crippen LogP contribution in [-0.4, -0.2) is 79.1 Å². The van der Waals surface area contributed by atoms with Crippen LogP contribution < -0.4 is 5.32 Å². The standard InChI is InChI=1S/C21H32N4O3/c1-16-5-6-17(14-23-16)21(27)24-11-7-19(8-12-24)25-10-3-4-18(15-25)20(26)22-9-13-28-2/h5-6,14,18-19H,3-4,7-13,15H2,1-2H3,(H,22,26)/t18-/m1/s1. The molecule has 0 radical (unpaired) electrons. The van der Waals surface area contributed by atoms with E-state index in [-0.39, 0.29) is 17.7 Å². The van der Waals surface area contributed by atoms with Crippen molar-refractivity contribution in [1.82, 2.24) is 20.1 Å². The summed E-state index contributed by atoms with van der Waals surface area (Å²) in [4.78, 5) is 33.7. The molecule has 1 aromatic rings. The number of carbonyl (C=O) groups is 2. The van der Waals surface area contributed by atoms with Crippen molar-refractivity contribution in [2.45, 2.75) is 38.6 Å². The molecule has 28 heavy (non-hydrogen) atoms. The molecule has 0 aromatic carbocycles. The number of nitrogens with one attached hydrogen (secondary N) is 1. The van der Waals surface area contributed by atoms with Gasteiger partial charge in [0.25, 0.3) is 5.91 Å². The van der Waals surface area contributed by atoms with Gasteiger partial charge in [0.15, 0.2) is 0 Å². The molecular formula is C21H32N4O3. The number of nitrogens with zero attached hydrogens (tertiary/aromatic N) is 3. The second-order valence-electron chi connectivity index (χ2n) is 7.83. The van der Waals surface area contributed by atoms with Crippen molar-refractivity contribution in [3.8, 4) is 0 Å². The largest absolute Gasteiger partial charge is 0.383 e. The van der Waals surface area contributed by atoms with Crippen LogP contribution in [0.3, 0.4) is 0 Å². The number of aryl methyl sites for hydroxylation is 1. The van der Waals surface area contributed by atoms with Crippen LogP contribution in [-0.2, 0) is 9.53 Å². The Kier molecular flexibility index (Phi) is 7.39. The fraction of sp³-hybridized carbons (Fsp3) is 0.667. The lowest BCUT2D eigenvalue weighted by Crippen LogP contribution is -2.51. The van der Waals surface area contributed by atoms with Crippen LogP contribution in [0.25, 0.3) is 0 Å². The molecule has 3 heterocycles. The first kappa shape index (κ1) is 20.7. The Morgan fingerprint density at radius 3 is 2.68 bits per heavy atom. The first-order chi connectivity index (χ1) is 13.6. The average molecular weight is 389 g/mol. The number of aromatic nitrogens is 1. The number of methoxy groups -OCH3 is 1. The molecule has 1 N–H and O–H groups in total. The minimum Gasteiger partial charge on any atom is -0.383 e. The third-order valence-corrected chi connectivity index (χ3v) is 5.86. The lowest BCUT2D eigenvalue weighted by Gasteiger charge is -2.42. The van der Waals surface area contributed by atoms with Gasteiger partial charge >= 0.3 is 0 Å². The second kappa shape index (κ2) is 9.98. The maximum atomic E-state index is 12.7. The summed E-state index contributed by atoms with van der Waals surface area (Å²) in [5, 5.41) is 2.97. The number of piperidine rings is 2. The molecule has 0 bridgehead atoms.